The van der Waals surface area contributed by atoms with E-state index in [1.165, 1.54) is 17.0 Å². The molecule has 3 rings (SSSR count). The van der Waals surface area contributed by atoms with Crippen LogP contribution in [0.15, 0.2) is 60.8 Å². The van der Waals surface area contributed by atoms with E-state index in [9.17, 15) is 22.8 Å². The lowest BCUT2D eigenvalue weighted by Crippen LogP contribution is -2.36. The van der Waals surface area contributed by atoms with Crippen LogP contribution in [0.4, 0.5) is 29.3 Å². The molecule has 0 fully saturated rings. The minimum absolute atomic E-state index is 0.0357. The first-order valence-electron chi connectivity index (χ1n) is 10.8. The van der Waals surface area contributed by atoms with E-state index in [1.807, 2.05) is 24.3 Å². The molecule has 180 valence electrons. The van der Waals surface area contributed by atoms with Crippen molar-refractivity contribution in [3.05, 3.63) is 66.4 Å². The number of hydrogen-bond acceptors (Lipinski definition) is 4. The van der Waals surface area contributed by atoms with Gasteiger partial charge in [-0.2, -0.15) is 13.2 Å². The van der Waals surface area contributed by atoms with Crippen LogP contribution in [0.2, 0.25) is 0 Å². The minimum Gasteiger partial charge on any atom is -0.308 e. The first-order chi connectivity index (χ1) is 16.3. The number of urea groups is 1. The van der Waals surface area contributed by atoms with E-state index in [-0.39, 0.29) is 12.1 Å². The summed E-state index contributed by atoms with van der Waals surface area (Å²) < 4.78 is 39.1. The Bertz CT molecular complexity index is 1140. The number of rotatable bonds is 9. The van der Waals surface area contributed by atoms with Gasteiger partial charge in [-0.15, -0.1) is 0 Å². The van der Waals surface area contributed by atoms with Gasteiger partial charge in [0.25, 0.3) is 0 Å². The lowest BCUT2D eigenvalue weighted by Gasteiger charge is -2.23. The van der Waals surface area contributed by atoms with Crippen LogP contribution in [0.5, 0.6) is 0 Å². The number of nitrogens with one attached hydrogen (secondary N) is 2. The molecule has 0 unspecified atom stereocenters. The third-order valence-corrected chi connectivity index (χ3v) is 5.23. The van der Waals surface area contributed by atoms with Crippen LogP contribution in [-0.2, 0) is 11.0 Å². The molecular weight excluding hydrogens is 449 g/mol. The summed E-state index contributed by atoms with van der Waals surface area (Å²) >= 11 is 0. The largest absolute Gasteiger partial charge is 0.416 e. The molecule has 0 aliphatic rings. The minimum atomic E-state index is -4.52. The topological polar surface area (TPSA) is 94.6 Å². The van der Waals surface area contributed by atoms with Crippen LogP contribution in [0.1, 0.15) is 37.7 Å². The summed E-state index contributed by atoms with van der Waals surface area (Å²) in [7, 11) is 0. The number of carbonyl (C=O) groups excluding carboxylic acids is 2. The quantitative estimate of drug-likeness (QED) is 0.209. The molecule has 0 aliphatic carbocycles. The first kappa shape index (κ1) is 25.0. The summed E-state index contributed by atoms with van der Waals surface area (Å²) in [5.74, 6) is -0.454. The standard InChI is InChI=1S/C24H25F3N4O3/c25-24(26,27)18-9-7-10-19(15-18)29-23(33)31(13-6-2-1-3-12-22(32)30-34)20-14-17-8-4-5-11-21(17)28-16-20/h4-5,7-11,14-16,34H,1-3,6,12-13H2,(H,29,33)(H,30,32). The van der Waals surface area contributed by atoms with Gasteiger partial charge in [-0.05, 0) is 43.2 Å². The van der Waals surface area contributed by atoms with Crippen molar-refractivity contribution >= 4 is 34.2 Å². The molecule has 0 bridgehead atoms. The Balaban J connectivity index is 1.74. The molecule has 0 saturated heterocycles. The van der Waals surface area contributed by atoms with E-state index < -0.39 is 23.7 Å². The van der Waals surface area contributed by atoms with Gasteiger partial charge in [0.2, 0.25) is 5.91 Å². The van der Waals surface area contributed by atoms with Crippen molar-refractivity contribution in [2.45, 2.75) is 38.3 Å². The highest BCUT2D eigenvalue weighted by Gasteiger charge is 2.30. The Labute approximate surface area is 194 Å². The number of carbonyl (C=O) groups is 2. The monoisotopic (exact) mass is 474 g/mol. The second kappa shape index (κ2) is 11.5. The Morgan fingerprint density at radius 1 is 0.971 bits per heavy atom. The van der Waals surface area contributed by atoms with Gasteiger partial charge in [-0.1, -0.05) is 37.1 Å². The zero-order chi connectivity index (χ0) is 24.6. The van der Waals surface area contributed by atoms with Gasteiger partial charge in [0, 0.05) is 24.0 Å². The molecule has 3 amide bonds. The molecule has 2 aromatic carbocycles. The van der Waals surface area contributed by atoms with Gasteiger partial charge in [-0.25, -0.2) is 10.3 Å². The average Bonchev–Trinajstić information content (AvgIpc) is 2.82. The van der Waals surface area contributed by atoms with Crippen molar-refractivity contribution in [2.24, 2.45) is 0 Å². The first-order valence-corrected chi connectivity index (χ1v) is 10.8. The molecule has 1 aromatic heterocycles. The molecule has 10 heteroatoms. The van der Waals surface area contributed by atoms with Crippen LogP contribution < -0.4 is 15.7 Å². The van der Waals surface area contributed by atoms with E-state index in [2.05, 4.69) is 10.3 Å². The van der Waals surface area contributed by atoms with Crippen molar-refractivity contribution in [3.8, 4) is 0 Å². The molecule has 0 aliphatic heterocycles. The zero-order valence-corrected chi connectivity index (χ0v) is 18.3. The molecule has 0 radical (unpaired) electrons. The SMILES string of the molecule is O=C(CCCCCCN(C(=O)Nc1cccc(C(F)(F)F)c1)c1cnc2ccccc2c1)NO. The summed E-state index contributed by atoms with van der Waals surface area (Å²) in [5.41, 5.74) is 2.04. The Hall–Kier alpha value is -3.66. The second-order valence-electron chi connectivity index (χ2n) is 7.75. The zero-order valence-electron chi connectivity index (χ0n) is 18.3. The highest BCUT2D eigenvalue weighted by Crippen LogP contribution is 2.31. The predicted molar refractivity (Wildman–Crippen MR) is 123 cm³/mol. The third-order valence-electron chi connectivity index (χ3n) is 5.23. The van der Waals surface area contributed by atoms with Gasteiger partial charge in [0.15, 0.2) is 0 Å². The fourth-order valence-corrected chi connectivity index (χ4v) is 3.48. The number of fused-ring (bicyclic) bond motifs is 1. The summed E-state index contributed by atoms with van der Waals surface area (Å²) in [4.78, 5) is 30.0. The fourth-order valence-electron chi connectivity index (χ4n) is 3.48. The summed E-state index contributed by atoms with van der Waals surface area (Å²) in [6, 6.07) is 13.1. The number of pyridine rings is 1. The summed E-state index contributed by atoms with van der Waals surface area (Å²) in [6.45, 7) is 0.303. The number of benzene rings is 2. The van der Waals surface area contributed by atoms with E-state index >= 15 is 0 Å². The smallest absolute Gasteiger partial charge is 0.308 e. The number of halogens is 3. The average molecular weight is 474 g/mol. The number of nitrogens with zero attached hydrogens (tertiary/aromatic N) is 2. The van der Waals surface area contributed by atoms with Crippen molar-refractivity contribution < 1.29 is 28.0 Å². The number of hydrogen-bond donors (Lipinski definition) is 3. The number of aromatic nitrogens is 1. The van der Waals surface area contributed by atoms with E-state index in [1.54, 1.807) is 17.7 Å². The maximum Gasteiger partial charge on any atom is 0.416 e. The highest BCUT2D eigenvalue weighted by atomic mass is 19.4. The van der Waals surface area contributed by atoms with Crippen LogP contribution in [0, 0.1) is 0 Å². The maximum atomic E-state index is 13.1. The van der Waals surface area contributed by atoms with Gasteiger partial charge < -0.3 is 5.32 Å². The molecule has 34 heavy (non-hydrogen) atoms. The lowest BCUT2D eigenvalue weighted by molar-refractivity contribution is -0.137. The van der Waals surface area contributed by atoms with E-state index in [4.69, 9.17) is 5.21 Å². The van der Waals surface area contributed by atoms with Crippen molar-refractivity contribution in [1.82, 2.24) is 10.5 Å². The predicted octanol–water partition coefficient (Wildman–Crippen LogP) is 5.75. The van der Waals surface area contributed by atoms with Crippen molar-refractivity contribution in [3.63, 3.8) is 0 Å². The number of unbranched alkanes of at least 4 members (excludes halogenated alkanes) is 3. The van der Waals surface area contributed by atoms with Crippen LogP contribution in [0.25, 0.3) is 10.9 Å². The molecular formula is C24H25F3N4O3. The number of anilines is 2. The Morgan fingerprint density at radius 3 is 2.50 bits per heavy atom. The van der Waals surface area contributed by atoms with Crippen LogP contribution >= 0.6 is 0 Å². The highest BCUT2D eigenvalue weighted by molar-refractivity contribution is 6.02. The van der Waals surface area contributed by atoms with E-state index in [0.29, 0.717) is 37.9 Å². The normalized spacial score (nSPS) is 11.3. The van der Waals surface area contributed by atoms with Gasteiger partial charge in [0.1, 0.15) is 0 Å². The Morgan fingerprint density at radius 2 is 1.74 bits per heavy atom. The lowest BCUT2D eigenvalue weighted by atomic mass is 10.1. The maximum absolute atomic E-state index is 13.1. The molecule has 0 saturated carbocycles. The summed E-state index contributed by atoms with van der Waals surface area (Å²) in [5, 5.41) is 11.9. The molecule has 7 nitrogen and oxygen atoms in total. The van der Waals surface area contributed by atoms with Crippen LogP contribution in [-0.4, -0.2) is 28.7 Å². The number of para-hydroxylation sites is 1. The van der Waals surface area contributed by atoms with Gasteiger partial charge in [-0.3, -0.25) is 19.9 Å². The molecule has 3 N–H and O–H groups in total. The fraction of sp³-hybridized carbons (Fsp3) is 0.292. The number of hydroxylamine groups is 1. The van der Waals surface area contributed by atoms with Gasteiger partial charge in [0.05, 0.1) is 23.0 Å². The Kier molecular flexibility index (Phi) is 8.42. The molecule has 3 aromatic rings. The van der Waals surface area contributed by atoms with Crippen molar-refractivity contribution in [1.29, 1.82) is 0 Å². The number of amides is 3. The number of alkyl halides is 3. The molecule has 0 atom stereocenters. The third kappa shape index (κ3) is 6.92. The summed E-state index contributed by atoms with van der Waals surface area (Å²) in [6.07, 6.45) is -0.149. The van der Waals surface area contributed by atoms with Crippen molar-refractivity contribution in [2.75, 3.05) is 16.8 Å². The molecule has 0 spiro atoms. The van der Waals surface area contributed by atoms with Crippen LogP contribution in [0.3, 0.4) is 0 Å². The molecule has 1 heterocycles. The van der Waals surface area contributed by atoms with E-state index in [0.717, 1.165) is 23.0 Å². The van der Waals surface area contributed by atoms with Gasteiger partial charge >= 0.3 is 12.2 Å². The second-order valence-corrected chi connectivity index (χ2v) is 7.75.